The van der Waals surface area contributed by atoms with E-state index in [0.717, 1.165) is 6.07 Å². The van der Waals surface area contributed by atoms with Crippen molar-refractivity contribution >= 4 is 15.7 Å². The van der Waals surface area contributed by atoms with Crippen LogP contribution in [0.2, 0.25) is 0 Å². The molecule has 7 nitrogen and oxygen atoms in total. The van der Waals surface area contributed by atoms with E-state index in [0.29, 0.717) is 24.2 Å². The Morgan fingerprint density at radius 1 is 1.35 bits per heavy atom. The van der Waals surface area contributed by atoms with Gasteiger partial charge < -0.3 is 5.32 Å². The van der Waals surface area contributed by atoms with Gasteiger partial charge in [0.25, 0.3) is 5.69 Å². The smallest absolute Gasteiger partial charge is 0.273 e. The third kappa shape index (κ3) is 2.41. The van der Waals surface area contributed by atoms with Gasteiger partial charge in [0, 0.05) is 37.8 Å². The minimum atomic E-state index is -3.71. The fourth-order valence-electron chi connectivity index (χ4n) is 2.04. The first-order chi connectivity index (χ1) is 9.25. The van der Waals surface area contributed by atoms with Crippen LogP contribution < -0.4 is 5.32 Å². The van der Waals surface area contributed by atoms with Crippen LogP contribution in [0, 0.1) is 24.0 Å². The van der Waals surface area contributed by atoms with Crippen LogP contribution in [-0.2, 0) is 10.0 Å². The van der Waals surface area contributed by atoms with E-state index in [2.05, 4.69) is 5.32 Å². The first-order valence-corrected chi connectivity index (χ1v) is 7.63. The van der Waals surface area contributed by atoms with Crippen molar-refractivity contribution < 1.29 is 13.3 Å². The number of benzene rings is 1. The molecule has 1 aliphatic rings. The number of aryl methyl sites for hydroxylation is 1. The Morgan fingerprint density at radius 3 is 2.40 bits per heavy atom. The highest BCUT2D eigenvalue weighted by molar-refractivity contribution is 7.89. The molecule has 0 atom stereocenters. The summed E-state index contributed by atoms with van der Waals surface area (Å²) in [6, 6.07) is 2.53. The van der Waals surface area contributed by atoms with E-state index in [1.807, 2.05) is 0 Å². The van der Waals surface area contributed by atoms with E-state index in [1.54, 1.807) is 13.8 Å². The zero-order chi connectivity index (χ0) is 15.1. The number of likely N-dealkylation sites (N-methyl/N-ethyl adjacent to an activating group) is 1. The molecule has 1 fully saturated rings. The SMILES string of the molecule is Cc1cc(S(=O)(=O)N(C)C2CNC2)cc([N+](=O)[O-])c1C. The van der Waals surface area contributed by atoms with Crippen molar-refractivity contribution in [3.05, 3.63) is 33.4 Å². The van der Waals surface area contributed by atoms with E-state index in [4.69, 9.17) is 0 Å². The molecule has 0 spiro atoms. The van der Waals surface area contributed by atoms with Gasteiger partial charge in [-0.1, -0.05) is 0 Å². The quantitative estimate of drug-likeness (QED) is 0.656. The number of rotatable bonds is 4. The van der Waals surface area contributed by atoms with Crippen molar-refractivity contribution in [2.45, 2.75) is 24.8 Å². The van der Waals surface area contributed by atoms with Crippen molar-refractivity contribution in [3.8, 4) is 0 Å². The summed E-state index contributed by atoms with van der Waals surface area (Å²) in [5.74, 6) is 0. The molecule has 1 saturated heterocycles. The summed E-state index contributed by atoms with van der Waals surface area (Å²) in [6.07, 6.45) is 0. The van der Waals surface area contributed by atoms with Crippen LogP contribution in [-0.4, -0.2) is 43.8 Å². The Morgan fingerprint density at radius 2 is 1.95 bits per heavy atom. The standard InChI is InChI=1S/C12H17N3O4S/c1-8-4-11(5-12(9(8)2)15(16)17)20(18,19)14(3)10-6-13-7-10/h4-5,10,13H,6-7H2,1-3H3. The summed E-state index contributed by atoms with van der Waals surface area (Å²) in [5, 5.41) is 14.0. The summed E-state index contributed by atoms with van der Waals surface area (Å²) < 4.78 is 26.2. The van der Waals surface area contributed by atoms with Gasteiger partial charge in [-0.3, -0.25) is 10.1 Å². The van der Waals surface area contributed by atoms with Gasteiger partial charge in [0.2, 0.25) is 10.0 Å². The largest absolute Gasteiger partial charge is 0.313 e. The number of hydrogen-bond donors (Lipinski definition) is 1. The van der Waals surface area contributed by atoms with Gasteiger partial charge in [0.05, 0.1) is 9.82 Å². The monoisotopic (exact) mass is 299 g/mol. The lowest BCUT2D eigenvalue weighted by molar-refractivity contribution is -0.385. The van der Waals surface area contributed by atoms with Crippen LogP contribution in [0.3, 0.4) is 0 Å². The van der Waals surface area contributed by atoms with Gasteiger partial charge in [0.15, 0.2) is 0 Å². The van der Waals surface area contributed by atoms with E-state index in [1.165, 1.54) is 17.4 Å². The van der Waals surface area contributed by atoms with Crippen molar-refractivity contribution in [1.82, 2.24) is 9.62 Å². The fraction of sp³-hybridized carbons (Fsp3) is 0.500. The summed E-state index contributed by atoms with van der Waals surface area (Å²) in [6.45, 7) is 4.49. The first-order valence-electron chi connectivity index (χ1n) is 6.19. The van der Waals surface area contributed by atoms with Crippen LogP contribution in [0.4, 0.5) is 5.69 Å². The average molecular weight is 299 g/mol. The molecule has 0 amide bonds. The molecule has 2 rings (SSSR count). The molecule has 1 aromatic rings. The molecule has 1 heterocycles. The maximum absolute atomic E-state index is 12.5. The highest BCUT2D eigenvalue weighted by Gasteiger charge is 2.33. The Bertz CT molecular complexity index is 653. The van der Waals surface area contributed by atoms with Crippen LogP contribution in [0.5, 0.6) is 0 Å². The molecule has 8 heteroatoms. The second kappa shape index (κ2) is 5.12. The molecule has 1 N–H and O–H groups in total. The van der Waals surface area contributed by atoms with Crippen molar-refractivity contribution in [2.24, 2.45) is 0 Å². The molecule has 0 unspecified atom stereocenters. The van der Waals surface area contributed by atoms with E-state index < -0.39 is 14.9 Å². The van der Waals surface area contributed by atoms with E-state index in [9.17, 15) is 18.5 Å². The van der Waals surface area contributed by atoms with Gasteiger partial charge in [-0.25, -0.2) is 8.42 Å². The number of nitrogens with zero attached hydrogens (tertiary/aromatic N) is 2. The number of hydrogen-bond acceptors (Lipinski definition) is 5. The van der Waals surface area contributed by atoms with Gasteiger partial charge in [-0.15, -0.1) is 0 Å². The minimum absolute atomic E-state index is 0.0262. The zero-order valence-corrected chi connectivity index (χ0v) is 12.4. The highest BCUT2D eigenvalue weighted by atomic mass is 32.2. The van der Waals surface area contributed by atoms with Crippen LogP contribution >= 0.6 is 0 Å². The molecule has 0 saturated carbocycles. The molecule has 110 valence electrons. The lowest BCUT2D eigenvalue weighted by atomic mass is 10.1. The topological polar surface area (TPSA) is 92.6 Å². The van der Waals surface area contributed by atoms with Crippen LogP contribution in [0.25, 0.3) is 0 Å². The molecular formula is C12H17N3O4S. The van der Waals surface area contributed by atoms with Crippen molar-refractivity contribution in [2.75, 3.05) is 20.1 Å². The molecule has 0 aromatic heterocycles. The molecule has 20 heavy (non-hydrogen) atoms. The molecule has 1 aliphatic heterocycles. The molecular weight excluding hydrogens is 282 g/mol. The number of nitro groups is 1. The summed E-state index contributed by atoms with van der Waals surface area (Å²) in [5.41, 5.74) is 0.920. The molecule has 0 radical (unpaired) electrons. The Hall–Kier alpha value is -1.51. The van der Waals surface area contributed by atoms with Crippen molar-refractivity contribution in [3.63, 3.8) is 0 Å². The number of nitrogens with one attached hydrogen (secondary N) is 1. The molecule has 0 bridgehead atoms. The van der Waals surface area contributed by atoms with Gasteiger partial charge in [0.1, 0.15) is 0 Å². The van der Waals surface area contributed by atoms with Gasteiger partial charge >= 0.3 is 0 Å². The second-order valence-electron chi connectivity index (χ2n) is 4.97. The van der Waals surface area contributed by atoms with Gasteiger partial charge in [-0.2, -0.15) is 4.31 Å². The minimum Gasteiger partial charge on any atom is -0.313 e. The lowest BCUT2D eigenvalue weighted by Crippen LogP contribution is -2.57. The third-order valence-electron chi connectivity index (χ3n) is 3.76. The van der Waals surface area contributed by atoms with Crippen LogP contribution in [0.1, 0.15) is 11.1 Å². The molecule has 1 aromatic carbocycles. The Labute approximate surface area is 117 Å². The van der Waals surface area contributed by atoms with E-state index >= 15 is 0 Å². The highest BCUT2D eigenvalue weighted by Crippen LogP contribution is 2.28. The predicted octanol–water partition coefficient (Wildman–Crippen LogP) is 0.804. The summed E-state index contributed by atoms with van der Waals surface area (Å²) in [4.78, 5) is 10.4. The van der Waals surface area contributed by atoms with Crippen molar-refractivity contribution in [1.29, 1.82) is 0 Å². The Balaban J connectivity index is 2.49. The number of sulfonamides is 1. The first kappa shape index (κ1) is 14.9. The normalized spacial score (nSPS) is 16.2. The third-order valence-corrected chi connectivity index (χ3v) is 5.65. The van der Waals surface area contributed by atoms with Gasteiger partial charge in [-0.05, 0) is 25.5 Å². The van der Waals surface area contributed by atoms with E-state index in [-0.39, 0.29) is 16.6 Å². The Kier molecular flexibility index (Phi) is 3.81. The molecule has 0 aliphatic carbocycles. The fourth-order valence-corrected chi connectivity index (χ4v) is 3.50. The maximum atomic E-state index is 12.5. The lowest BCUT2D eigenvalue weighted by Gasteiger charge is -2.34. The summed E-state index contributed by atoms with van der Waals surface area (Å²) >= 11 is 0. The zero-order valence-electron chi connectivity index (χ0n) is 11.6. The number of nitro benzene ring substituents is 1. The van der Waals surface area contributed by atoms with Crippen LogP contribution in [0.15, 0.2) is 17.0 Å². The average Bonchev–Trinajstić information content (AvgIpc) is 2.29. The summed E-state index contributed by atoms with van der Waals surface area (Å²) in [7, 11) is -2.20. The second-order valence-corrected chi connectivity index (χ2v) is 6.97. The maximum Gasteiger partial charge on any atom is 0.273 e. The predicted molar refractivity (Wildman–Crippen MR) is 74.2 cm³/mol.